The van der Waals surface area contributed by atoms with Crippen LogP contribution < -0.4 is 0 Å². The van der Waals surface area contributed by atoms with Gasteiger partial charge < -0.3 is 9.72 Å². The highest BCUT2D eigenvalue weighted by Crippen LogP contribution is 2.29. The van der Waals surface area contributed by atoms with E-state index < -0.39 is 17.7 Å². The van der Waals surface area contributed by atoms with Crippen molar-refractivity contribution in [3.8, 4) is 0 Å². The number of aromatic nitrogens is 1. The third-order valence-electron chi connectivity index (χ3n) is 1.42. The fourth-order valence-electron chi connectivity index (χ4n) is 0.786. The van der Waals surface area contributed by atoms with Crippen LogP contribution in [-0.4, -0.2) is 18.1 Å². The molecule has 0 bridgehead atoms. The van der Waals surface area contributed by atoms with E-state index in [1.54, 1.807) is 0 Å². The van der Waals surface area contributed by atoms with Gasteiger partial charge in [0.25, 0.3) is 0 Å². The number of halogens is 3. The maximum atomic E-state index is 12.0. The Labute approximate surface area is 71.5 Å². The number of H-pyrrole nitrogens is 1. The van der Waals surface area contributed by atoms with Gasteiger partial charge in [0.05, 0.1) is 12.7 Å². The normalized spacial score (nSPS) is 11.4. The molecule has 0 aliphatic rings. The first kappa shape index (κ1) is 9.63. The molecule has 0 spiro atoms. The second kappa shape index (κ2) is 3.12. The lowest BCUT2D eigenvalue weighted by Gasteiger charge is -2.00. The number of esters is 1. The van der Waals surface area contributed by atoms with E-state index in [1.165, 1.54) is 0 Å². The number of hydrogen-bond acceptors (Lipinski definition) is 2. The number of aromatic amines is 1. The number of ether oxygens (including phenoxy) is 1. The monoisotopic (exact) mass is 193 g/mol. The van der Waals surface area contributed by atoms with Crippen LogP contribution >= 0.6 is 0 Å². The minimum absolute atomic E-state index is 0.213. The van der Waals surface area contributed by atoms with E-state index in [4.69, 9.17) is 0 Å². The summed E-state index contributed by atoms with van der Waals surface area (Å²) in [4.78, 5) is 12.9. The van der Waals surface area contributed by atoms with Gasteiger partial charge in [-0.25, -0.2) is 4.79 Å². The third-order valence-corrected chi connectivity index (χ3v) is 1.42. The van der Waals surface area contributed by atoms with Gasteiger partial charge in [-0.15, -0.1) is 0 Å². The molecule has 0 fully saturated rings. The van der Waals surface area contributed by atoms with Crippen molar-refractivity contribution in [1.82, 2.24) is 4.98 Å². The molecule has 72 valence electrons. The molecule has 1 N–H and O–H groups in total. The molecule has 0 radical (unpaired) electrons. The topological polar surface area (TPSA) is 42.1 Å². The third kappa shape index (κ3) is 2.01. The van der Waals surface area contributed by atoms with Crippen LogP contribution in [-0.2, 0) is 10.9 Å². The lowest BCUT2D eigenvalue weighted by molar-refractivity contribution is -0.137. The molecule has 3 nitrogen and oxygen atoms in total. The Kier molecular flexibility index (Phi) is 2.31. The Hall–Kier alpha value is -1.46. The summed E-state index contributed by atoms with van der Waals surface area (Å²) in [6.07, 6.45) is -3.73. The lowest BCUT2D eigenvalue weighted by Crippen LogP contribution is -2.03. The number of nitrogens with one attached hydrogen (secondary N) is 1. The largest absolute Gasteiger partial charge is 0.464 e. The van der Waals surface area contributed by atoms with Crippen LogP contribution in [0.25, 0.3) is 0 Å². The molecule has 0 aliphatic carbocycles. The van der Waals surface area contributed by atoms with Gasteiger partial charge in [-0.2, -0.15) is 13.2 Å². The predicted molar refractivity (Wildman–Crippen MR) is 37.1 cm³/mol. The highest BCUT2D eigenvalue weighted by atomic mass is 19.4. The molecular formula is C7H6F3NO2. The zero-order valence-electron chi connectivity index (χ0n) is 6.61. The van der Waals surface area contributed by atoms with Crippen molar-refractivity contribution in [2.24, 2.45) is 0 Å². The van der Waals surface area contributed by atoms with Crippen LogP contribution in [0, 0.1) is 0 Å². The van der Waals surface area contributed by atoms with E-state index >= 15 is 0 Å². The van der Waals surface area contributed by atoms with Gasteiger partial charge in [0.2, 0.25) is 0 Å². The Morgan fingerprint density at radius 1 is 1.54 bits per heavy atom. The van der Waals surface area contributed by atoms with E-state index in [0.29, 0.717) is 12.3 Å². The molecule has 0 saturated carbocycles. The number of carbonyl (C=O) groups excluding carboxylic acids is 1. The van der Waals surface area contributed by atoms with Crippen molar-refractivity contribution < 1.29 is 22.7 Å². The minimum Gasteiger partial charge on any atom is -0.464 e. The smallest absolute Gasteiger partial charge is 0.417 e. The number of hydrogen-bond donors (Lipinski definition) is 1. The molecule has 1 aromatic rings. The molecule has 13 heavy (non-hydrogen) atoms. The molecule has 1 aromatic heterocycles. The minimum atomic E-state index is -4.44. The molecule has 1 rings (SSSR count). The standard InChI is InChI=1S/C7H6F3NO2/c1-13-6(12)5-2-4(3-11-5)7(8,9)10/h2-3,11H,1H3. The first-order chi connectivity index (χ1) is 5.95. The van der Waals surface area contributed by atoms with Crippen LogP contribution in [0.15, 0.2) is 12.3 Å². The van der Waals surface area contributed by atoms with Gasteiger partial charge >= 0.3 is 12.1 Å². The van der Waals surface area contributed by atoms with Crippen molar-refractivity contribution in [3.63, 3.8) is 0 Å². The fraction of sp³-hybridized carbons (Fsp3) is 0.286. The van der Waals surface area contributed by atoms with E-state index in [0.717, 1.165) is 7.11 Å². The molecule has 0 aliphatic heterocycles. The average molecular weight is 193 g/mol. The van der Waals surface area contributed by atoms with Gasteiger partial charge in [-0.05, 0) is 6.07 Å². The maximum absolute atomic E-state index is 12.0. The molecule has 0 saturated heterocycles. The SMILES string of the molecule is COC(=O)c1cc(C(F)(F)F)c[nH]1. The maximum Gasteiger partial charge on any atom is 0.417 e. The summed E-state index contributed by atoms with van der Waals surface area (Å²) in [5, 5.41) is 0. The van der Waals surface area contributed by atoms with Crippen molar-refractivity contribution >= 4 is 5.97 Å². The summed E-state index contributed by atoms with van der Waals surface area (Å²) >= 11 is 0. The lowest BCUT2D eigenvalue weighted by atomic mass is 10.3. The summed E-state index contributed by atoms with van der Waals surface area (Å²) in [6, 6.07) is 0.700. The summed E-state index contributed by atoms with van der Waals surface area (Å²) in [5.74, 6) is -0.824. The zero-order valence-corrected chi connectivity index (χ0v) is 6.61. The summed E-state index contributed by atoms with van der Waals surface area (Å²) in [5.41, 5.74) is -1.11. The quantitative estimate of drug-likeness (QED) is 0.691. The van der Waals surface area contributed by atoms with Crippen molar-refractivity contribution in [3.05, 3.63) is 23.5 Å². The number of carbonyl (C=O) groups is 1. The Bertz CT molecular complexity index is 316. The first-order valence-corrected chi connectivity index (χ1v) is 3.29. The second-order valence-electron chi connectivity index (χ2n) is 2.29. The highest BCUT2D eigenvalue weighted by Gasteiger charge is 2.32. The first-order valence-electron chi connectivity index (χ1n) is 3.29. The Balaban J connectivity index is 2.93. The van der Waals surface area contributed by atoms with Gasteiger partial charge in [0, 0.05) is 6.20 Å². The molecule has 0 aromatic carbocycles. The van der Waals surface area contributed by atoms with Crippen molar-refractivity contribution in [1.29, 1.82) is 0 Å². The second-order valence-corrected chi connectivity index (χ2v) is 2.29. The summed E-state index contributed by atoms with van der Waals surface area (Å²) < 4.78 is 40.2. The van der Waals surface area contributed by atoms with Crippen LogP contribution in [0.3, 0.4) is 0 Å². The van der Waals surface area contributed by atoms with Gasteiger partial charge in [-0.3, -0.25) is 0 Å². The Morgan fingerprint density at radius 3 is 2.54 bits per heavy atom. The summed E-state index contributed by atoms with van der Waals surface area (Å²) in [6.45, 7) is 0. The van der Waals surface area contributed by atoms with E-state index in [-0.39, 0.29) is 5.69 Å². The molecule has 0 unspecified atom stereocenters. The fourth-order valence-corrected chi connectivity index (χ4v) is 0.786. The number of alkyl halides is 3. The van der Waals surface area contributed by atoms with E-state index in [2.05, 4.69) is 9.72 Å². The van der Waals surface area contributed by atoms with Gasteiger partial charge in [0.15, 0.2) is 0 Å². The van der Waals surface area contributed by atoms with Gasteiger partial charge in [-0.1, -0.05) is 0 Å². The molecule has 1 heterocycles. The molecule has 6 heteroatoms. The van der Waals surface area contributed by atoms with Crippen LogP contribution in [0.1, 0.15) is 16.1 Å². The van der Waals surface area contributed by atoms with Crippen LogP contribution in [0.5, 0.6) is 0 Å². The van der Waals surface area contributed by atoms with Crippen LogP contribution in [0.4, 0.5) is 13.2 Å². The summed E-state index contributed by atoms with van der Waals surface area (Å²) in [7, 11) is 1.09. The molecular weight excluding hydrogens is 187 g/mol. The molecule has 0 amide bonds. The Morgan fingerprint density at radius 2 is 2.15 bits per heavy atom. The van der Waals surface area contributed by atoms with E-state index in [1.807, 2.05) is 0 Å². The van der Waals surface area contributed by atoms with Gasteiger partial charge in [0.1, 0.15) is 5.69 Å². The van der Waals surface area contributed by atoms with Crippen molar-refractivity contribution in [2.45, 2.75) is 6.18 Å². The predicted octanol–water partition coefficient (Wildman–Crippen LogP) is 1.82. The number of rotatable bonds is 1. The average Bonchev–Trinajstić information content (AvgIpc) is 2.50. The molecule has 0 atom stereocenters. The zero-order chi connectivity index (χ0) is 10.1. The van der Waals surface area contributed by atoms with E-state index in [9.17, 15) is 18.0 Å². The van der Waals surface area contributed by atoms with Crippen molar-refractivity contribution in [2.75, 3.05) is 7.11 Å². The highest BCUT2D eigenvalue weighted by molar-refractivity contribution is 5.87. The number of methoxy groups -OCH3 is 1. The van der Waals surface area contributed by atoms with Crippen LogP contribution in [0.2, 0.25) is 0 Å².